The van der Waals surface area contributed by atoms with Gasteiger partial charge >= 0.3 is 6.61 Å². The van der Waals surface area contributed by atoms with E-state index in [-0.39, 0.29) is 23.3 Å². The van der Waals surface area contributed by atoms with Crippen LogP contribution in [-0.4, -0.2) is 39.4 Å². The molecule has 0 unspecified atom stereocenters. The molecular weight excluding hydrogens is 359 g/mol. The second-order valence-electron chi connectivity index (χ2n) is 6.74. The molecule has 8 heteroatoms. The Kier molecular flexibility index (Phi) is 8.22. The Labute approximate surface area is 158 Å². The molecule has 0 aliphatic heterocycles. The zero-order chi connectivity index (χ0) is 19.7. The number of rotatable bonds is 10. The molecule has 1 aromatic rings. The third kappa shape index (κ3) is 6.30. The summed E-state index contributed by atoms with van der Waals surface area (Å²) < 4.78 is 48.7. The minimum atomic E-state index is -3.01. The van der Waals surface area contributed by atoms with Gasteiger partial charge < -0.3 is 20.1 Å². The van der Waals surface area contributed by atoms with Crippen molar-refractivity contribution in [1.82, 2.24) is 10.6 Å². The quantitative estimate of drug-likeness (QED) is 0.475. The van der Waals surface area contributed by atoms with E-state index in [1.54, 1.807) is 7.11 Å². The van der Waals surface area contributed by atoms with E-state index in [2.05, 4.69) is 20.4 Å². The van der Waals surface area contributed by atoms with Crippen LogP contribution < -0.4 is 15.4 Å². The van der Waals surface area contributed by atoms with E-state index >= 15 is 0 Å². The molecule has 0 amide bonds. The molecule has 0 saturated heterocycles. The zero-order valence-electron chi connectivity index (χ0n) is 15.9. The van der Waals surface area contributed by atoms with Crippen LogP contribution in [0.2, 0.25) is 0 Å². The van der Waals surface area contributed by atoms with Crippen molar-refractivity contribution in [2.24, 2.45) is 10.4 Å². The smallest absolute Gasteiger partial charge is 0.387 e. The SMILES string of the molecule is CCNC(=NCc1c(F)cccc1OC(F)F)NCC1(CCOC)CCC1. The Morgan fingerprint density at radius 1 is 1.30 bits per heavy atom. The van der Waals surface area contributed by atoms with Crippen LogP contribution in [0.25, 0.3) is 0 Å². The van der Waals surface area contributed by atoms with E-state index in [4.69, 9.17) is 4.74 Å². The summed E-state index contributed by atoms with van der Waals surface area (Å²) in [6.45, 7) is 0.887. The number of aliphatic imine (C=N–C) groups is 1. The molecule has 0 spiro atoms. The predicted octanol–water partition coefficient (Wildman–Crippen LogP) is 3.69. The number of nitrogens with zero attached hydrogens (tertiary/aromatic N) is 1. The van der Waals surface area contributed by atoms with Crippen LogP contribution in [0, 0.1) is 11.2 Å². The number of nitrogens with one attached hydrogen (secondary N) is 2. The van der Waals surface area contributed by atoms with Gasteiger partial charge in [0, 0.05) is 26.8 Å². The molecule has 2 rings (SSSR count). The number of alkyl halides is 2. The standard InChI is InChI=1S/C19H28F3N3O2/c1-3-23-18(25-13-19(8-5-9-19)10-11-26-2)24-12-14-15(20)6-4-7-16(14)27-17(21)22/h4,6-7,17H,3,5,8-13H2,1-2H3,(H2,23,24,25). The first kappa shape index (κ1) is 21.3. The monoisotopic (exact) mass is 387 g/mol. The van der Waals surface area contributed by atoms with Crippen LogP contribution in [-0.2, 0) is 11.3 Å². The van der Waals surface area contributed by atoms with Crippen molar-refractivity contribution in [1.29, 1.82) is 0 Å². The Morgan fingerprint density at radius 3 is 2.67 bits per heavy atom. The molecule has 152 valence electrons. The van der Waals surface area contributed by atoms with Gasteiger partial charge in [-0.1, -0.05) is 12.5 Å². The van der Waals surface area contributed by atoms with Crippen molar-refractivity contribution in [3.8, 4) is 5.75 Å². The normalized spacial score (nSPS) is 16.1. The molecule has 0 aromatic heterocycles. The van der Waals surface area contributed by atoms with Crippen LogP contribution in [0.15, 0.2) is 23.2 Å². The number of ether oxygens (including phenoxy) is 2. The van der Waals surface area contributed by atoms with Gasteiger partial charge in [-0.3, -0.25) is 0 Å². The average Bonchev–Trinajstić information content (AvgIpc) is 2.59. The maximum atomic E-state index is 14.1. The Bertz CT molecular complexity index is 622. The molecule has 0 radical (unpaired) electrons. The molecule has 2 N–H and O–H groups in total. The van der Waals surface area contributed by atoms with E-state index in [0.29, 0.717) is 19.1 Å². The van der Waals surface area contributed by atoms with Crippen molar-refractivity contribution >= 4 is 5.96 Å². The minimum Gasteiger partial charge on any atom is -0.434 e. The second-order valence-corrected chi connectivity index (χ2v) is 6.74. The van der Waals surface area contributed by atoms with Crippen LogP contribution in [0.3, 0.4) is 0 Å². The van der Waals surface area contributed by atoms with Gasteiger partial charge in [0.1, 0.15) is 11.6 Å². The molecule has 1 saturated carbocycles. The van der Waals surface area contributed by atoms with E-state index < -0.39 is 12.4 Å². The predicted molar refractivity (Wildman–Crippen MR) is 98.6 cm³/mol. The number of hydrogen-bond acceptors (Lipinski definition) is 3. The largest absolute Gasteiger partial charge is 0.434 e. The molecule has 0 heterocycles. The van der Waals surface area contributed by atoms with Crippen LogP contribution in [0.1, 0.15) is 38.2 Å². The Hall–Kier alpha value is -1.96. The average molecular weight is 387 g/mol. The minimum absolute atomic E-state index is 0.00717. The van der Waals surface area contributed by atoms with Crippen molar-refractivity contribution in [2.45, 2.75) is 45.8 Å². The van der Waals surface area contributed by atoms with Crippen molar-refractivity contribution in [2.75, 3.05) is 26.8 Å². The lowest BCUT2D eigenvalue weighted by Gasteiger charge is -2.42. The summed E-state index contributed by atoms with van der Waals surface area (Å²) in [4.78, 5) is 4.35. The number of benzene rings is 1. The fourth-order valence-electron chi connectivity index (χ4n) is 3.18. The zero-order valence-corrected chi connectivity index (χ0v) is 15.9. The molecule has 0 atom stereocenters. The fraction of sp³-hybridized carbons (Fsp3) is 0.632. The highest BCUT2D eigenvalue weighted by Gasteiger charge is 2.36. The molecule has 1 aliphatic rings. The van der Waals surface area contributed by atoms with Gasteiger partial charge in [-0.2, -0.15) is 8.78 Å². The number of hydrogen-bond donors (Lipinski definition) is 2. The third-order valence-corrected chi connectivity index (χ3v) is 4.91. The Balaban J connectivity index is 2.05. The topological polar surface area (TPSA) is 54.9 Å². The summed E-state index contributed by atoms with van der Waals surface area (Å²) >= 11 is 0. The first-order valence-electron chi connectivity index (χ1n) is 9.23. The number of halogens is 3. The van der Waals surface area contributed by atoms with E-state index in [0.717, 1.165) is 25.8 Å². The van der Waals surface area contributed by atoms with Gasteiger partial charge in [0.05, 0.1) is 12.1 Å². The van der Waals surface area contributed by atoms with Crippen molar-refractivity contribution < 1.29 is 22.6 Å². The number of methoxy groups -OCH3 is 1. The van der Waals surface area contributed by atoms with Gasteiger partial charge in [-0.05, 0) is 43.7 Å². The Morgan fingerprint density at radius 2 is 2.07 bits per heavy atom. The molecule has 27 heavy (non-hydrogen) atoms. The first-order valence-corrected chi connectivity index (χ1v) is 9.23. The highest BCUT2D eigenvalue weighted by atomic mass is 19.3. The van der Waals surface area contributed by atoms with Crippen LogP contribution in [0.5, 0.6) is 5.75 Å². The molecule has 1 aromatic carbocycles. The molecule has 1 fully saturated rings. The third-order valence-electron chi connectivity index (χ3n) is 4.91. The first-order chi connectivity index (χ1) is 13.0. The lowest BCUT2D eigenvalue weighted by atomic mass is 9.67. The summed E-state index contributed by atoms with van der Waals surface area (Å²) in [6.07, 6.45) is 4.42. The summed E-state index contributed by atoms with van der Waals surface area (Å²) in [5.41, 5.74) is 0.196. The molecule has 1 aliphatic carbocycles. The maximum absolute atomic E-state index is 14.1. The van der Waals surface area contributed by atoms with Crippen LogP contribution >= 0.6 is 0 Å². The van der Waals surface area contributed by atoms with Gasteiger partial charge in [0.15, 0.2) is 5.96 Å². The fourth-order valence-corrected chi connectivity index (χ4v) is 3.18. The van der Waals surface area contributed by atoms with Gasteiger partial charge in [0.2, 0.25) is 0 Å². The highest BCUT2D eigenvalue weighted by Crippen LogP contribution is 2.43. The second kappa shape index (κ2) is 10.4. The molecule has 5 nitrogen and oxygen atoms in total. The summed E-state index contributed by atoms with van der Waals surface area (Å²) in [7, 11) is 1.69. The van der Waals surface area contributed by atoms with Crippen molar-refractivity contribution in [3.63, 3.8) is 0 Å². The maximum Gasteiger partial charge on any atom is 0.387 e. The number of guanidine groups is 1. The lowest BCUT2D eigenvalue weighted by molar-refractivity contribution is -0.0506. The van der Waals surface area contributed by atoms with E-state index in [9.17, 15) is 13.2 Å². The van der Waals surface area contributed by atoms with Crippen LogP contribution in [0.4, 0.5) is 13.2 Å². The summed E-state index contributed by atoms with van der Waals surface area (Å²) in [5.74, 6) is -0.295. The summed E-state index contributed by atoms with van der Waals surface area (Å²) in [5, 5.41) is 6.40. The molecule has 0 bridgehead atoms. The lowest BCUT2D eigenvalue weighted by Crippen LogP contribution is -2.47. The highest BCUT2D eigenvalue weighted by molar-refractivity contribution is 5.79. The van der Waals surface area contributed by atoms with Gasteiger partial charge in [0.25, 0.3) is 0 Å². The van der Waals surface area contributed by atoms with Gasteiger partial charge in [-0.25, -0.2) is 9.38 Å². The van der Waals surface area contributed by atoms with E-state index in [1.807, 2.05) is 6.92 Å². The van der Waals surface area contributed by atoms with Crippen molar-refractivity contribution in [3.05, 3.63) is 29.6 Å². The molecular formula is C19H28F3N3O2. The van der Waals surface area contributed by atoms with Gasteiger partial charge in [-0.15, -0.1) is 0 Å². The van der Waals surface area contributed by atoms with E-state index in [1.165, 1.54) is 24.6 Å². The summed E-state index contributed by atoms with van der Waals surface area (Å²) in [6, 6.07) is 3.85.